The lowest BCUT2D eigenvalue weighted by Gasteiger charge is -2.10. The first kappa shape index (κ1) is 12.1. The first-order valence-corrected chi connectivity index (χ1v) is 6.08. The van der Waals surface area contributed by atoms with Crippen LogP contribution in [0.25, 0.3) is 11.0 Å². The molecule has 3 rings (SSSR count). The molecule has 0 spiro atoms. The van der Waals surface area contributed by atoms with Crippen LogP contribution in [0.15, 0.2) is 47.1 Å². The number of halogens is 1. The maximum absolute atomic E-state index is 5.95. The van der Waals surface area contributed by atoms with Gasteiger partial charge < -0.3 is 4.42 Å². The van der Waals surface area contributed by atoms with Gasteiger partial charge in [-0.1, -0.05) is 11.6 Å². The van der Waals surface area contributed by atoms with Gasteiger partial charge in [0.15, 0.2) is 5.82 Å². The summed E-state index contributed by atoms with van der Waals surface area (Å²) in [5.41, 5.74) is 3.40. The normalized spacial score (nSPS) is 12.7. The van der Waals surface area contributed by atoms with Gasteiger partial charge in [-0.2, -0.15) is 0 Å². The lowest BCUT2D eigenvalue weighted by molar-refractivity contribution is 0.464. The summed E-state index contributed by atoms with van der Waals surface area (Å²) in [6.45, 7) is 0. The molecule has 1 atom stereocenters. The van der Waals surface area contributed by atoms with Gasteiger partial charge in [0.25, 0.3) is 0 Å². The first-order chi connectivity index (χ1) is 9.28. The zero-order valence-electron chi connectivity index (χ0n) is 9.88. The molecular weight excluding hydrogens is 264 g/mol. The number of fused-ring (bicyclic) bond motifs is 1. The topological polar surface area (TPSA) is 77.0 Å². The Kier molecular flexibility index (Phi) is 3.16. The Morgan fingerprint density at radius 3 is 2.74 bits per heavy atom. The van der Waals surface area contributed by atoms with Gasteiger partial charge in [-0.05, 0) is 30.3 Å². The lowest BCUT2D eigenvalue weighted by Crippen LogP contribution is -2.29. The maximum Gasteiger partial charge on any atom is 0.154 e. The molecule has 19 heavy (non-hydrogen) atoms. The van der Waals surface area contributed by atoms with E-state index in [9.17, 15) is 0 Å². The molecule has 0 aliphatic carbocycles. The molecule has 0 radical (unpaired) electrons. The molecule has 0 aliphatic rings. The molecule has 3 aromatic rings. The molecule has 0 saturated carbocycles. The molecular formula is C13H11ClN4O. The lowest BCUT2D eigenvalue weighted by atomic mass is 10.2. The summed E-state index contributed by atoms with van der Waals surface area (Å²) in [7, 11) is 0. The van der Waals surface area contributed by atoms with E-state index in [-0.39, 0.29) is 0 Å². The zero-order chi connectivity index (χ0) is 13.2. The second kappa shape index (κ2) is 4.97. The predicted octanol–water partition coefficient (Wildman–Crippen LogP) is 2.43. The average Bonchev–Trinajstić information content (AvgIpc) is 2.83. The van der Waals surface area contributed by atoms with Crippen LogP contribution in [-0.2, 0) is 0 Å². The SMILES string of the molecule is NNC(c1ncccn1)c1cc2cc(Cl)ccc2o1. The number of hydrogen-bond donors (Lipinski definition) is 2. The Hall–Kier alpha value is -1.95. The Morgan fingerprint density at radius 1 is 1.21 bits per heavy atom. The van der Waals surface area contributed by atoms with E-state index in [1.54, 1.807) is 24.5 Å². The highest BCUT2D eigenvalue weighted by molar-refractivity contribution is 6.31. The van der Waals surface area contributed by atoms with E-state index in [1.807, 2.05) is 18.2 Å². The third kappa shape index (κ3) is 2.31. The average molecular weight is 275 g/mol. The molecule has 5 nitrogen and oxygen atoms in total. The van der Waals surface area contributed by atoms with E-state index >= 15 is 0 Å². The highest BCUT2D eigenvalue weighted by atomic mass is 35.5. The van der Waals surface area contributed by atoms with Crippen LogP contribution in [0.1, 0.15) is 17.6 Å². The van der Waals surface area contributed by atoms with E-state index in [4.69, 9.17) is 21.9 Å². The quantitative estimate of drug-likeness (QED) is 0.567. The van der Waals surface area contributed by atoms with Gasteiger partial charge >= 0.3 is 0 Å². The molecule has 0 amide bonds. The van der Waals surface area contributed by atoms with Crippen molar-refractivity contribution in [3.63, 3.8) is 0 Å². The van der Waals surface area contributed by atoms with Crippen LogP contribution in [0.2, 0.25) is 5.02 Å². The van der Waals surface area contributed by atoms with Gasteiger partial charge in [0.1, 0.15) is 17.4 Å². The Morgan fingerprint density at radius 2 is 2.00 bits per heavy atom. The molecule has 96 valence electrons. The number of nitrogens with one attached hydrogen (secondary N) is 1. The number of hydrogen-bond acceptors (Lipinski definition) is 5. The van der Waals surface area contributed by atoms with E-state index in [2.05, 4.69) is 15.4 Å². The van der Waals surface area contributed by atoms with Crippen LogP contribution in [-0.4, -0.2) is 9.97 Å². The largest absolute Gasteiger partial charge is 0.459 e. The molecule has 0 saturated heterocycles. The third-order valence-electron chi connectivity index (χ3n) is 2.79. The number of benzene rings is 1. The van der Waals surface area contributed by atoms with Crippen molar-refractivity contribution >= 4 is 22.6 Å². The minimum atomic E-state index is -0.396. The van der Waals surface area contributed by atoms with Gasteiger partial charge in [0.05, 0.1) is 0 Å². The summed E-state index contributed by atoms with van der Waals surface area (Å²) in [4.78, 5) is 8.35. The van der Waals surface area contributed by atoms with Crippen LogP contribution in [0.5, 0.6) is 0 Å². The standard InChI is InChI=1S/C13H11ClN4O/c14-9-2-3-10-8(6-9)7-11(19-10)12(18-15)13-16-4-1-5-17-13/h1-7,12,18H,15H2. The van der Waals surface area contributed by atoms with E-state index in [1.165, 1.54) is 0 Å². The Bertz CT molecular complexity index is 698. The van der Waals surface area contributed by atoms with Crippen LogP contribution in [0.3, 0.4) is 0 Å². The number of nitrogens with two attached hydrogens (primary N) is 1. The molecule has 6 heteroatoms. The summed E-state index contributed by atoms with van der Waals surface area (Å²) in [6.07, 6.45) is 3.32. The van der Waals surface area contributed by atoms with Gasteiger partial charge in [-0.15, -0.1) is 0 Å². The highest BCUT2D eigenvalue weighted by Crippen LogP contribution is 2.28. The fourth-order valence-electron chi connectivity index (χ4n) is 1.92. The summed E-state index contributed by atoms with van der Waals surface area (Å²) in [5.74, 6) is 6.77. The second-order valence-electron chi connectivity index (χ2n) is 4.04. The Labute approximate surface area is 114 Å². The highest BCUT2D eigenvalue weighted by Gasteiger charge is 2.19. The van der Waals surface area contributed by atoms with Gasteiger partial charge in [0, 0.05) is 22.8 Å². The van der Waals surface area contributed by atoms with Crippen LogP contribution in [0.4, 0.5) is 0 Å². The van der Waals surface area contributed by atoms with E-state index in [0.29, 0.717) is 16.6 Å². The van der Waals surface area contributed by atoms with Crippen molar-refractivity contribution in [2.45, 2.75) is 6.04 Å². The summed E-state index contributed by atoms with van der Waals surface area (Å²) < 4.78 is 5.75. The van der Waals surface area contributed by atoms with Crippen molar-refractivity contribution in [3.05, 3.63) is 59.3 Å². The minimum Gasteiger partial charge on any atom is -0.459 e. The first-order valence-electron chi connectivity index (χ1n) is 5.70. The summed E-state index contributed by atoms with van der Waals surface area (Å²) in [6, 6.07) is 8.66. The van der Waals surface area contributed by atoms with Crippen molar-refractivity contribution in [1.82, 2.24) is 15.4 Å². The zero-order valence-corrected chi connectivity index (χ0v) is 10.6. The van der Waals surface area contributed by atoms with Crippen molar-refractivity contribution < 1.29 is 4.42 Å². The molecule has 0 fully saturated rings. The molecule has 0 aliphatic heterocycles. The van der Waals surface area contributed by atoms with E-state index < -0.39 is 6.04 Å². The molecule has 2 heterocycles. The molecule has 1 aromatic carbocycles. The minimum absolute atomic E-state index is 0.396. The van der Waals surface area contributed by atoms with Crippen LogP contribution in [0, 0.1) is 0 Å². The van der Waals surface area contributed by atoms with Gasteiger partial charge in [-0.3, -0.25) is 5.84 Å². The molecule has 1 unspecified atom stereocenters. The molecule has 3 N–H and O–H groups in total. The van der Waals surface area contributed by atoms with Crippen LogP contribution < -0.4 is 11.3 Å². The second-order valence-corrected chi connectivity index (χ2v) is 4.47. The van der Waals surface area contributed by atoms with Crippen molar-refractivity contribution in [2.24, 2.45) is 5.84 Å². The maximum atomic E-state index is 5.95. The van der Waals surface area contributed by atoms with Gasteiger partial charge in [-0.25, -0.2) is 15.4 Å². The van der Waals surface area contributed by atoms with Crippen molar-refractivity contribution in [3.8, 4) is 0 Å². The molecule has 2 aromatic heterocycles. The van der Waals surface area contributed by atoms with Gasteiger partial charge in [0.2, 0.25) is 0 Å². The van der Waals surface area contributed by atoms with E-state index in [0.717, 1.165) is 11.0 Å². The number of aromatic nitrogens is 2. The molecule has 0 bridgehead atoms. The number of hydrazine groups is 1. The Balaban J connectivity index is 2.07. The smallest absolute Gasteiger partial charge is 0.154 e. The summed E-state index contributed by atoms with van der Waals surface area (Å²) in [5, 5.41) is 1.58. The third-order valence-corrected chi connectivity index (χ3v) is 3.03. The van der Waals surface area contributed by atoms with Crippen LogP contribution >= 0.6 is 11.6 Å². The summed E-state index contributed by atoms with van der Waals surface area (Å²) >= 11 is 5.95. The number of rotatable bonds is 3. The monoisotopic (exact) mass is 274 g/mol. The number of nitrogens with zero attached hydrogens (tertiary/aromatic N) is 2. The van der Waals surface area contributed by atoms with Crippen molar-refractivity contribution in [2.75, 3.05) is 0 Å². The fraction of sp³-hybridized carbons (Fsp3) is 0.0769. The van der Waals surface area contributed by atoms with Crippen molar-refractivity contribution in [1.29, 1.82) is 0 Å². The predicted molar refractivity (Wildman–Crippen MR) is 72.4 cm³/mol. The fourth-order valence-corrected chi connectivity index (χ4v) is 2.10. The number of furan rings is 1.